The third-order valence-corrected chi connectivity index (χ3v) is 3.42. The largest absolute Gasteiger partial charge is 0.311 e. The Morgan fingerprint density at radius 3 is 3.33 bits per heavy atom. The fraction of sp³-hybridized carbons (Fsp3) is 0.667. The summed E-state index contributed by atoms with van der Waals surface area (Å²) >= 11 is 0. The Labute approximate surface area is 71.6 Å². The molecule has 1 saturated heterocycles. The molecule has 2 fully saturated rings. The second kappa shape index (κ2) is 1.83. The molecule has 12 heavy (non-hydrogen) atoms. The number of nitrogens with one attached hydrogen (secondary N) is 1. The molecular formula is C9H11N3. The molecule has 2 bridgehead atoms. The minimum Gasteiger partial charge on any atom is -0.311 e. The van der Waals surface area contributed by atoms with Crippen LogP contribution in [0, 0.1) is 17.2 Å². The highest BCUT2D eigenvalue weighted by atomic mass is 15.6. The normalized spacial score (nSPS) is 48.1. The van der Waals surface area contributed by atoms with Crippen molar-refractivity contribution in [2.45, 2.75) is 30.8 Å². The molecule has 0 amide bonds. The van der Waals surface area contributed by atoms with E-state index >= 15 is 0 Å². The first-order chi connectivity index (χ1) is 5.86. The topological polar surface area (TPSA) is 39.1 Å². The van der Waals surface area contributed by atoms with Gasteiger partial charge in [-0.3, -0.25) is 0 Å². The van der Waals surface area contributed by atoms with Crippen LogP contribution in [0.3, 0.4) is 0 Å². The second-order valence-electron chi connectivity index (χ2n) is 3.92. The van der Waals surface area contributed by atoms with Gasteiger partial charge in [0.2, 0.25) is 0 Å². The van der Waals surface area contributed by atoms with Crippen LogP contribution in [0.1, 0.15) is 19.3 Å². The predicted octanol–water partition coefficient (Wildman–Crippen LogP) is 0.765. The van der Waals surface area contributed by atoms with Crippen molar-refractivity contribution in [1.29, 1.82) is 5.26 Å². The molecular weight excluding hydrogens is 150 g/mol. The van der Waals surface area contributed by atoms with Gasteiger partial charge in [-0.15, -0.1) is 0 Å². The summed E-state index contributed by atoms with van der Waals surface area (Å²) in [6.07, 6.45) is 7.76. The molecule has 3 atom stereocenters. The maximum absolute atomic E-state index is 9.10. The van der Waals surface area contributed by atoms with Gasteiger partial charge in [0.1, 0.15) is 5.54 Å². The van der Waals surface area contributed by atoms with Crippen molar-refractivity contribution in [3.05, 3.63) is 12.3 Å². The molecule has 0 aromatic heterocycles. The molecule has 2 aliphatic heterocycles. The third kappa shape index (κ3) is 0.527. The molecule has 1 saturated carbocycles. The van der Waals surface area contributed by atoms with Gasteiger partial charge in [-0.05, 0) is 18.9 Å². The van der Waals surface area contributed by atoms with E-state index in [4.69, 9.17) is 5.26 Å². The monoisotopic (exact) mass is 161 g/mol. The lowest BCUT2D eigenvalue weighted by Crippen LogP contribution is -2.40. The first kappa shape index (κ1) is 6.50. The van der Waals surface area contributed by atoms with E-state index in [1.807, 2.05) is 12.3 Å². The molecule has 0 aromatic rings. The number of nitriles is 1. The molecule has 3 heteroatoms. The van der Waals surface area contributed by atoms with Gasteiger partial charge >= 0.3 is 0 Å². The summed E-state index contributed by atoms with van der Waals surface area (Å²) in [5.41, 5.74) is 2.91. The van der Waals surface area contributed by atoms with Crippen LogP contribution < -0.4 is 5.43 Å². The molecule has 62 valence electrons. The van der Waals surface area contributed by atoms with Crippen molar-refractivity contribution in [3.63, 3.8) is 0 Å². The maximum atomic E-state index is 9.10. The van der Waals surface area contributed by atoms with E-state index in [1.54, 1.807) is 0 Å². The highest BCUT2D eigenvalue weighted by molar-refractivity contribution is 5.32. The molecule has 3 nitrogen and oxygen atoms in total. The molecule has 3 rings (SSSR count). The maximum Gasteiger partial charge on any atom is 0.148 e. The summed E-state index contributed by atoms with van der Waals surface area (Å²) in [6, 6.07) is 2.99. The minimum absolute atomic E-state index is 0.346. The van der Waals surface area contributed by atoms with Gasteiger partial charge in [-0.1, -0.05) is 6.42 Å². The lowest BCUT2D eigenvalue weighted by Gasteiger charge is -2.22. The summed E-state index contributed by atoms with van der Waals surface area (Å²) in [7, 11) is 0. The average molecular weight is 161 g/mol. The van der Waals surface area contributed by atoms with Crippen LogP contribution in [0.15, 0.2) is 12.3 Å². The van der Waals surface area contributed by atoms with Crippen LogP contribution in [-0.2, 0) is 0 Å². The fourth-order valence-electron chi connectivity index (χ4n) is 2.84. The summed E-state index contributed by atoms with van der Waals surface area (Å²) < 4.78 is 0. The first-order valence-electron chi connectivity index (χ1n) is 4.52. The van der Waals surface area contributed by atoms with Crippen molar-refractivity contribution in [2.75, 3.05) is 0 Å². The molecule has 3 aliphatic rings. The van der Waals surface area contributed by atoms with Crippen LogP contribution in [-0.4, -0.2) is 16.6 Å². The van der Waals surface area contributed by atoms with Gasteiger partial charge < -0.3 is 5.01 Å². The van der Waals surface area contributed by atoms with Crippen molar-refractivity contribution >= 4 is 0 Å². The van der Waals surface area contributed by atoms with Gasteiger partial charge in [-0.2, -0.15) is 5.26 Å². The van der Waals surface area contributed by atoms with Crippen LogP contribution in [0.25, 0.3) is 0 Å². The first-order valence-corrected chi connectivity index (χ1v) is 4.52. The number of fused-ring (bicyclic) bond motifs is 5. The summed E-state index contributed by atoms with van der Waals surface area (Å²) in [5.74, 6) is 0.535. The van der Waals surface area contributed by atoms with Gasteiger partial charge in [0.15, 0.2) is 0 Å². The quantitative estimate of drug-likeness (QED) is 0.570. The zero-order valence-electron chi connectivity index (χ0n) is 6.83. The number of hydrogen-bond donors (Lipinski definition) is 1. The zero-order valence-corrected chi connectivity index (χ0v) is 6.83. The van der Waals surface area contributed by atoms with Crippen molar-refractivity contribution in [1.82, 2.24) is 10.4 Å². The Morgan fingerprint density at radius 2 is 2.50 bits per heavy atom. The smallest absolute Gasteiger partial charge is 0.148 e. The van der Waals surface area contributed by atoms with Gasteiger partial charge in [0.05, 0.1) is 12.1 Å². The average Bonchev–Trinajstić information content (AvgIpc) is 2.76. The molecule has 1 aliphatic carbocycles. The molecule has 0 spiro atoms. The van der Waals surface area contributed by atoms with Crippen molar-refractivity contribution < 1.29 is 0 Å². The summed E-state index contributed by atoms with van der Waals surface area (Å²) in [6.45, 7) is 0. The summed E-state index contributed by atoms with van der Waals surface area (Å²) in [5, 5.41) is 11.2. The van der Waals surface area contributed by atoms with Crippen LogP contribution in [0.5, 0.6) is 0 Å². The standard InChI is InChI=1S/C9H11N3/c10-6-9-4-5-12(11-9)8-3-1-2-7(8)9/h4-5,7-8,11H,1-3H2. The highest BCUT2D eigenvalue weighted by Crippen LogP contribution is 2.45. The zero-order chi connectivity index (χ0) is 8.18. The second-order valence-corrected chi connectivity index (χ2v) is 3.92. The fourth-order valence-corrected chi connectivity index (χ4v) is 2.84. The Hall–Kier alpha value is -1.01. The van der Waals surface area contributed by atoms with Crippen LogP contribution in [0.4, 0.5) is 0 Å². The Morgan fingerprint density at radius 1 is 1.58 bits per heavy atom. The van der Waals surface area contributed by atoms with Crippen molar-refractivity contribution in [2.24, 2.45) is 5.92 Å². The number of nitrogens with zero attached hydrogens (tertiary/aromatic N) is 2. The van der Waals surface area contributed by atoms with E-state index in [1.165, 1.54) is 19.3 Å². The number of rotatable bonds is 0. The molecule has 2 heterocycles. The van der Waals surface area contributed by atoms with E-state index in [-0.39, 0.29) is 5.54 Å². The number of hydrogen-bond acceptors (Lipinski definition) is 3. The SMILES string of the molecule is N#CC12C=CN(N1)C1CCCC12. The van der Waals surface area contributed by atoms with E-state index in [2.05, 4.69) is 16.5 Å². The Bertz CT molecular complexity index is 291. The van der Waals surface area contributed by atoms with Crippen molar-refractivity contribution in [3.8, 4) is 6.07 Å². The molecule has 3 unspecified atom stereocenters. The molecule has 0 radical (unpaired) electrons. The van der Waals surface area contributed by atoms with E-state index < -0.39 is 0 Å². The van der Waals surface area contributed by atoms with Gasteiger partial charge in [-0.25, -0.2) is 5.43 Å². The summed E-state index contributed by atoms with van der Waals surface area (Å²) in [4.78, 5) is 0. The lowest BCUT2D eigenvalue weighted by molar-refractivity contribution is 0.269. The number of hydrazine groups is 1. The van der Waals surface area contributed by atoms with Gasteiger partial charge in [0.25, 0.3) is 0 Å². The molecule has 1 N–H and O–H groups in total. The van der Waals surface area contributed by atoms with Gasteiger partial charge in [0, 0.05) is 12.1 Å². The Balaban J connectivity index is 2.07. The lowest BCUT2D eigenvalue weighted by atomic mass is 9.83. The van der Waals surface area contributed by atoms with E-state index in [0.29, 0.717) is 12.0 Å². The molecule has 0 aromatic carbocycles. The third-order valence-electron chi connectivity index (χ3n) is 3.42. The Kier molecular flexibility index (Phi) is 0.993. The predicted molar refractivity (Wildman–Crippen MR) is 43.6 cm³/mol. The van der Waals surface area contributed by atoms with Crippen LogP contribution in [0.2, 0.25) is 0 Å². The van der Waals surface area contributed by atoms with E-state index in [9.17, 15) is 0 Å². The van der Waals surface area contributed by atoms with E-state index in [0.717, 1.165) is 0 Å². The minimum atomic E-state index is -0.346. The van der Waals surface area contributed by atoms with Crippen LogP contribution >= 0.6 is 0 Å². The highest BCUT2D eigenvalue weighted by Gasteiger charge is 2.55.